The van der Waals surface area contributed by atoms with Crippen molar-refractivity contribution in [2.45, 2.75) is 26.4 Å². The summed E-state index contributed by atoms with van der Waals surface area (Å²) >= 11 is 0. The topological polar surface area (TPSA) is 87.0 Å². The van der Waals surface area contributed by atoms with E-state index in [1.165, 1.54) is 0 Å². The summed E-state index contributed by atoms with van der Waals surface area (Å²) in [5, 5.41) is 0. The van der Waals surface area contributed by atoms with Crippen LogP contribution >= 0.6 is 0 Å². The lowest BCUT2D eigenvalue weighted by molar-refractivity contribution is 0.209. The van der Waals surface area contributed by atoms with E-state index in [2.05, 4.69) is 9.97 Å². The fourth-order valence-electron chi connectivity index (χ4n) is 0.811. The summed E-state index contributed by atoms with van der Waals surface area (Å²) in [5.41, 5.74) is 10.9. The maximum atomic E-state index is 5.47. The third-order valence-electron chi connectivity index (χ3n) is 1.64. The summed E-state index contributed by atoms with van der Waals surface area (Å²) in [7, 11) is 0. The number of nitrogen functional groups attached to an aromatic ring is 2. The Labute approximate surface area is 77.1 Å². The Kier molecular flexibility index (Phi) is 2.89. The summed E-state index contributed by atoms with van der Waals surface area (Å²) in [6, 6.07) is 1.56. The van der Waals surface area contributed by atoms with Crippen LogP contribution in [-0.2, 0) is 0 Å². The van der Waals surface area contributed by atoms with Crippen molar-refractivity contribution < 1.29 is 4.74 Å². The van der Waals surface area contributed by atoms with Gasteiger partial charge in [-0.05, 0) is 13.3 Å². The first-order valence-electron chi connectivity index (χ1n) is 4.18. The largest absolute Gasteiger partial charge is 0.474 e. The Morgan fingerprint density at radius 2 is 2.15 bits per heavy atom. The van der Waals surface area contributed by atoms with Crippen LogP contribution in [0.4, 0.5) is 11.8 Å². The Hall–Kier alpha value is -1.52. The Morgan fingerprint density at radius 1 is 1.46 bits per heavy atom. The second kappa shape index (κ2) is 3.93. The number of nitrogens with two attached hydrogens (primary N) is 2. The summed E-state index contributed by atoms with van der Waals surface area (Å²) in [4.78, 5) is 7.62. The van der Waals surface area contributed by atoms with E-state index in [-0.39, 0.29) is 12.1 Å². The lowest BCUT2D eigenvalue weighted by Gasteiger charge is -2.11. The molecule has 0 aromatic carbocycles. The van der Waals surface area contributed by atoms with Crippen LogP contribution in [0, 0.1) is 0 Å². The van der Waals surface area contributed by atoms with Gasteiger partial charge in [0.2, 0.25) is 11.8 Å². The highest BCUT2D eigenvalue weighted by molar-refractivity contribution is 5.38. The molecule has 0 bridgehead atoms. The molecule has 1 atom stereocenters. The van der Waals surface area contributed by atoms with Crippen LogP contribution in [0.1, 0.15) is 20.3 Å². The molecule has 1 rings (SSSR count). The molecule has 0 aliphatic carbocycles. The average Bonchev–Trinajstić information content (AvgIpc) is 2.02. The molecule has 5 heteroatoms. The number of hydrogen-bond donors (Lipinski definition) is 2. The van der Waals surface area contributed by atoms with Crippen molar-refractivity contribution in [2.75, 3.05) is 11.5 Å². The monoisotopic (exact) mass is 182 g/mol. The third kappa shape index (κ3) is 2.77. The minimum Gasteiger partial charge on any atom is -0.474 e. The predicted molar refractivity (Wildman–Crippen MR) is 51.2 cm³/mol. The highest BCUT2D eigenvalue weighted by Crippen LogP contribution is 2.13. The van der Waals surface area contributed by atoms with Crippen LogP contribution in [-0.4, -0.2) is 16.1 Å². The van der Waals surface area contributed by atoms with Gasteiger partial charge >= 0.3 is 0 Å². The first kappa shape index (κ1) is 9.57. The molecule has 13 heavy (non-hydrogen) atoms. The van der Waals surface area contributed by atoms with Gasteiger partial charge in [-0.3, -0.25) is 0 Å². The number of nitrogens with zero attached hydrogens (tertiary/aromatic N) is 2. The number of rotatable bonds is 3. The predicted octanol–water partition coefficient (Wildman–Crippen LogP) is 0.818. The van der Waals surface area contributed by atoms with Crippen molar-refractivity contribution in [3.05, 3.63) is 6.07 Å². The van der Waals surface area contributed by atoms with Gasteiger partial charge in [0.1, 0.15) is 5.82 Å². The molecule has 0 saturated heterocycles. The number of aromatic nitrogens is 2. The highest BCUT2D eigenvalue weighted by Gasteiger charge is 2.04. The summed E-state index contributed by atoms with van der Waals surface area (Å²) in [5.74, 6) is 0.892. The minimum atomic E-state index is 0.105. The van der Waals surface area contributed by atoms with Gasteiger partial charge in [-0.15, -0.1) is 0 Å². The molecule has 72 valence electrons. The minimum absolute atomic E-state index is 0.105. The van der Waals surface area contributed by atoms with Gasteiger partial charge in [-0.1, -0.05) is 6.92 Å². The lowest BCUT2D eigenvalue weighted by atomic mass is 10.3. The molecular formula is C8H14N4O. The van der Waals surface area contributed by atoms with Crippen molar-refractivity contribution >= 4 is 11.8 Å². The smallest absolute Gasteiger partial charge is 0.225 e. The van der Waals surface area contributed by atoms with E-state index in [4.69, 9.17) is 16.2 Å². The van der Waals surface area contributed by atoms with E-state index in [0.29, 0.717) is 11.7 Å². The molecule has 0 spiro atoms. The third-order valence-corrected chi connectivity index (χ3v) is 1.64. The first-order chi connectivity index (χ1) is 6.11. The molecule has 5 nitrogen and oxygen atoms in total. The second-order valence-corrected chi connectivity index (χ2v) is 2.83. The van der Waals surface area contributed by atoms with Crippen molar-refractivity contribution in [1.29, 1.82) is 0 Å². The maximum Gasteiger partial charge on any atom is 0.225 e. The van der Waals surface area contributed by atoms with Gasteiger partial charge in [0, 0.05) is 6.07 Å². The molecule has 1 aromatic rings. The molecule has 0 fully saturated rings. The molecule has 4 N–H and O–H groups in total. The van der Waals surface area contributed by atoms with Crippen LogP contribution in [0.3, 0.4) is 0 Å². The van der Waals surface area contributed by atoms with Gasteiger partial charge in [0.25, 0.3) is 0 Å². The number of hydrogen-bond acceptors (Lipinski definition) is 5. The average molecular weight is 182 g/mol. The zero-order valence-electron chi connectivity index (χ0n) is 7.82. The summed E-state index contributed by atoms with van der Waals surface area (Å²) < 4.78 is 5.41. The standard InChI is InChI=1S/C8H14N4O/c1-3-5(2)13-7-4-6(9)11-8(10)12-7/h4-5H,3H2,1-2H3,(H4,9,10,11,12). The molecule has 0 radical (unpaired) electrons. The van der Waals surface area contributed by atoms with E-state index in [1.54, 1.807) is 6.07 Å². The molecular weight excluding hydrogens is 168 g/mol. The molecule has 1 heterocycles. The van der Waals surface area contributed by atoms with E-state index in [1.807, 2.05) is 13.8 Å². The lowest BCUT2D eigenvalue weighted by Crippen LogP contribution is -2.12. The molecule has 1 unspecified atom stereocenters. The summed E-state index contributed by atoms with van der Waals surface area (Å²) in [6.45, 7) is 3.98. The van der Waals surface area contributed by atoms with Crippen LogP contribution in [0.2, 0.25) is 0 Å². The molecule has 0 amide bonds. The van der Waals surface area contributed by atoms with Gasteiger partial charge in [-0.2, -0.15) is 9.97 Å². The summed E-state index contributed by atoms with van der Waals surface area (Å²) in [6.07, 6.45) is 1.01. The van der Waals surface area contributed by atoms with Crippen molar-refractivity contribution in [3.8, 4) is 5.88 Å². The molecule has 0 aliphatic rings. The fraction of sp³-hybridized carbons (Fsp3) is 0.500. The number of anilines is 2. The Balaban J connectivity index is 2.77. The van der Waals surface area contributed by atoms with Gasteiger partial charge in [-0.25, -0.2) is 0 Å². The van der Waals surface area contributed by atoms with E-state index in [0.717, 1.165) is 6.42 Å². The van der Waals surface area contributed by atoms with Gasteiger partial charge in [0.05, 0.1) is 6.10 Å². The highest BCUT2D eigenvalue weighted by atomic mass is 16.5. The quantitative estimate of drug-likeness (QED) is 0.722. The fourth-order valence-corrected chi connectivity index (χ4v) is 0.811. The maximum absolute atomic E-state index is 5.47. The normalized spacial score (nSPS) is 12.5. The molecule has 0 saturated carbocycles. The van der Waals surface area contributed by atoms with Crippen molar-refractivity contribution in [2.24, 2.45) is 0 Å². The Morgan fingerprint density at radius 3 is 2.69 bits per heavy atom. The van der Waals surface area contributed by atoms with E-state index in [9.17, 15) is 0 Å². The van der Waals surface area contributed by atoms with Crippen LogP contribution < -0.4 is 16.2 Å². The van der Waals surface area contributed by atoms with Crippen LogP contribution in [0.25, 0.3) is 0 Å². The molecule has 0 aliphatic heterocycles. The molecule has 1 aromatic heterocycles. The van der Waals surface area contributed by atoms with Crippen molar-refractivity contribution in [1.82, 2.24) is 9.97 Å². The zero-order chi connectivity index (χ0) is 9.84. The van der Waals surface area contributed by atoms with Crippen LogP contribution in [0.15, 0.2) is 6.07 Å². The SMILES string of the molecule is CCC(C)Oc1cc(N)nc(N)n1. The van der Waals surface area contributed by atoms with E-state index < -0.39 is 0 Å². The second-order valence-electron chi connectivity index (χ2n) is 2.83. The van der Waals surface area contributed by atoms with E-state index >= 15 is 0 Å². The number of ether oxygens (including phenoxy) is 1. The van der Waals surface area contributed by atoms with Crippen molar-refractivity contribution in [3.63, 3.8) is 0 Å². The van der Waals surface area contributed by atoms with Crippen LogP contribution in [0.5, 0.6) is 5.88 Å². The van der Waals surface area contributed by atoms with Gasteiger partial charge < -0.3 is 16.2 Å². The zero-order valence-corrected chi connectivity index (χ0v) is 7.82. The van der Waals surface area contributed by atoms with Gasteiger partial charge in [0.15, 0.2) is 0 Å². The first-order valence-corrected chi connectivity index (χ1v) is 4.18. The Bertz CT molecular complexity index is 269.